The average molecular weight is 1030 g/mol. The third-order valence-corrected chi connectivity index (χ3v) is 0. The smallest absolute Gasteiger partial charge is 1.00 e. The largest absolute Gasteiger partial charge is 2.00 e. The molecule has 191 valence electrons. The fourth-order valence-electron chi connectivity index (χ4n) is 0. The molecule has 0 N–H and O–H groups in total. The van der Waals surface area contributed by atoms with Gasteiger partial charge in [-0.2, -0.15) is 0 Å². The Morgan fingerprint density at radius 1 is 0.345 bits per heavy atom. The Morgan fingerprint density at radius 3 is 0.345 bits per heavy atom. The van der Waals surface area contributed by atoms with E-state index < -0.39 is 64.8 Å². The van der Waals surface area contributed by atoms with E-state index in [1.54, 1.807) is 75.1 Å². The minimum absolute atomic E-state index is 0. The van der Waals surface area contributed by atoms with Crippen molar-refractivity contribution < 1.29 is 90.3 Å². The van der Waals surface area contributed by atoms with Crippen molar-refractivity contribution in [1.29, 1.82) is 0 Å². The van der Waals surface area contributed by atoms with Gasteiger partial charge in [-0.1, -0.05) is 0 Å². The monoisotopic (exact) mass is 1030 g/mol. The molecule has 0 saturated carbocycles. The predicted molar refractivity (Wildman–Crippen MR) is 148 cm³/mol. The van der Waals surface area contributed by atoms with Crippen LogP contribution in [0.1, 0.15) is 0 Å². The average Bonchev–Trinajstić information content (AvgIpc) is 2.25. The standard InChI is InChI=1S/6C2H6OS.I2.2HI.Mn/c6*1-4(2)3;1-2;;;/h6*1-2H3;;2*1H;/q;;;;;;;;;+2/p-2. The van der Waals surface area contributed by atoms with E-state index in [1.165, 1.54) is 0 Å². The van der Waals surface area contributed by atoms with Crippen LogP contribution >= 0.6 is 37.2 Å². The van der Waals surface area contributed by atoms with Crippen LogP contribution in [0.25, 0.3) is 0 Å². The first-order chi connectivity index (χ1) is 11.4. The van der Waals surface area contributed by atoms with Crippen molar-refractivity contribution in [2.45, 2.75) is 0 Å². The van der Waals surface area contributed by atoms with E-state index in [0.717, 1.165) is 0 Å². The molecule has 0 rings (SSSR count). The number of rotatable bonds is 0. The summed E-state index contributed by atoms with van der Waals surface area (Å²) in [5, 5.41) is 0. The van der Waals surface area contributed by atoms with Crippen LogP contribution in [0.3, 0.4) is 0 Å². The van der Waals surface area contributed by atoms with Gasteiger partial charge in [0.15, 0.2) is 0 Å². The Hall–Kier alpha value is 4.34. The molecule has 0 heterocycles. The van der Waals surface area contributed by atoms with E-state index >= 15 is 0 Å². The first-order valence-corrected chi connectivity index (χ1v) is 24.1. The van der Waals surface area contributed by atoms with Crippen molar-refractivity contribution in [1.82, 2.24) is 0 Å². The van der Waals surface area contributed by atoms with Crippen LogP contribution in [-0.2, 0) is 81.9 Å². The molecule has 0 aliphatic carbocycles. The van der Waals surface area contributed by atoms with Crippen molar-refractivity contribution in [2.24, 2.45) is 0 Å². The molecular weight excluding hydrogens is 995 g/mol. The summed E-state index contributed by atoms with van der Waals surface area (Å²) in [7, 11) is -3.67. The van der Waals surface area contributed by atoms with Crippen molar-refractivity contribution in [3.05, 3.63) is 0 Å². The van der Waals surface area contributed by atoms with Crippen LogP contribution in [0, 0.1) is 0 Å². The van der Waals surface area contributed by atoms with Gasteiger partial charge in [-0.15, -0.1) is 0 Å². The maximum atomic E-state index is 9.56. The van der Waals surface area contributed by atoms with Crippen LogP contribution in [0.2, 0.25) is 0 Å². The van der Waals surface area contributed by atoms with Crippen LogP contribution in [0.4, 0.5) is 0 Å². The summed E-state index contributed by atoms with van der Waals surface area (Å²) in [6.45, 7) is 0. The molecule has 0 amide bonds. The second-order valence-corrected chi connectivity index (χ2v) is 13.3. The third-order valence-electron chi connectivity index (χ3n) is 0. The molecule has 1 radical (unpaired) electrons. The van der Waals surface area contributed by atoms with E-state index in [4.69, 9.17) is 0 Å². The number of hydrogen-bond acceptors (Lipinski definition) is 6. The second-order valence-electron chi connectivity index (χ2n) is 4.45. The molecule has 0 aliphatic heterocycles. The normalized spacial score (nSPS) is 7.45. The Bertz CT molecular complexity index is 290. The summed E-state index contributed by atoms with van der Waals surface area (Å²) in [4.78, 5) is 0. The van der Waals surface area contributed by atoms with E-state index in [9.17, 15) is 25.3 Å². The van der Waals surface area contributed by atoms with Crippen LogP contribution < -0.4 is 48.0 Å². The van der Waals surface area contributed by atoms with Crippen molar-refractivity contribution in [3.8, 4) is 0 Å². The molecule has 0 aromatic carbocycles. The van der Waals surface area contributed by atoms with Gasteiger partial charge in [0.25, 0.3) is 0 Å². The molecule has 6 nitrogen and oxygen atoms in total. The molecule has 29 heavy (non-hydrogen) atoms. The van der Waals surface area contributed by atoms with Gasteiger partial charge in [-0.25, -0.2) is 0 Å². The fraction of sp³-hybridized carbons (Fsp3) is 1.00. The zero-order valence-corrected chi connectivity index (χ0v) is 33.5. The maximum absolute atomic E-state index is 9.56. The fourth-order valence-corrected chi connectivity index (χ4v) is 0. The molecule has 0 atom stereocenters. The maximum Gasteiger partial charge on any atom is 2.00 e. The summed E-state index contributed by atoms with van der Waals surface area (Å²) in [6.07, 6.45) is 19.7. The summed E-state index contributed by atoms with van der Waals surface area (Å²) in [6, 6.07) is 0. The van der Waals surface area contributed by atoms with E-state index in [2.05, 4.69) is 37.2 Å². The molecule has 0 aromatic heterocycles. The van der Waals surface area contributed by atoms with Gasteiger partial charge >= 0.3 is 17.1 Å². The summed E-state index contributed by atoms with van der Waals surface area (Å²) in [5.41, 5.74) is 0. The number of halogens is 4. The van der Waals surface area contributed by atoms with Gasteiger partial charge in [0.2, 0.25) is 0 Å². The molecule has 0 aromatic rings. The molecule has 17 heteroatoms. The first kappa shape index (κ1) is 64.0. The topological polar surface area (TPSA) is 102 Å². The zero-order valence-electron chi connectivity index (χ0n) is 18.8. The SMILES string of the molecule is CS(C)=O.CS(C)=O.CS(C)=O.CS(C)=O.CS(C)=O.CS(C)=O.II.[I-].[I-].[Mn+2]. The molecule has 0 spiro atoms. The van der Waals surface area contributed by atoms with Gasteiger partial charge in [0.1, 0.15) is 0 Å². The predicted octanol–water partition coefficient (Wildman–Crippen LogP) is -4.25. The Morgan fingerprint density at radius 2 is 0.345 bits per heavy atom. The Kier molecular flexibility index (Phi) is 140. The van der Waals surface area contributed by atoms with Crippen molar-refractivity contribution in [3.63, 3.8) is 0 Å². The Balaban J connectivity index is -0.0000000180. The Labute approximate surface area is 262 Å². The first-order valence-electron chi connectivity index (χ1n) is 6.04. The van der Waals surface area contributed by atoms with Gasteiger partial charge < -0.3 is 48.0 Å². The minimum Gasteiger partial charge on any atom is -1.00 e. The van der Waals surface area contributed by atoms with Gasteiger partial charge in [-0.05, 0) is 0 Å². The third kappa shape index (κ3) is 1580. The van der Waals surface area contributed by atoms with Gasteiger partial charge in [0.05, 0.1) is 0 Å². The van der Waals surface area contributed by atoms with Crippen molar-refractivity contribution in [2.75, 3.05) is 75.1 Å². The van der Waals surface area contributed by atoms with Crippen molar-refractivity contribution >= 4 is 102 Å². The molecule has 0 bridgehead atoms. The second kappa shape index (κ2) is 63.6. The van der Waals surface area contributed by atoms with Gasteiger partial charge in [-0.3, -0.25) is 25.3 Å². The van der Waals surface area contributed by atoms with Crippen LogP contribution in [0.5, 0.6) is 0 Å². The van der Waals surface area contributed by atoms with E-state index in [0.29, 0.717) is 0 Å². The van der Waals surface area contributed by atoms with Crippen LogP contribution in [0.15, 0.2) is 0 Å². The molecule has 0 unspecified atom stereocenters. The quantitative estimate of drug-likeness (QED) is 0.180. The van der Waals surface area contributed by atoms with E-state index in [1.807, 2.05) is 0 Å². The van der Waals surface area contributed by atoms with Gasteiger partial charge in [0, 0.05) is 177 Å². The summed E-state index contributed by atoms with van der Waals surface area (Å²) < 4.78 is 57.3. The summed E-state index contributed by atoms with van der Waals surface area (Å²) in [5.74, 6) is 0. The molecule has 0 saturated heterocycles. The summed E-state index contributed by atoms with van der Waals surface area (Å²) >= 11 is 4.24. The number of hydrogen-bond donors (Lipinski definition) is 0. The minimum atomic E-state index is -0.611. The zero-order chi connectivity index (χ0) is 23.5. The van der Waals surface area contributed by atoms with Crippen LogP contribution in [-0.4, -0.2) is 100 Å². The molecule has 0 aliphatic rings. The molecule has 0 fully saturated rings. The van der Waals surface area contributed by atoms with E-state index in [-0.39, 0.29) is 65.0 Å². The molecular formula is C12H36I4MnO6S6.